The summed E-state index contributed by atoms with van der Waals surface area (Å²) in [5, 5.41) is 6.97. The number of nitrogens with zero attached hydrogens (tertiary/aromatic N) is 2. The van der Waals surface area contributed by atoms with Crippen molar-refractivity contribution in [2.24, 2.45) is 0 Å². The van der Waals surface area contributed by atoms with Crippen molar-refractivity contribution in [1.29, 1.82) is 0 Å². The number of amides is 1. The van der Waals surface area contributed by atoms with Gasteiger partial charge >= 0.3 is 6.18 Å². The monoisotopic (exact) mass is 359 g/mol. The van der Waals surface area contributed by atoms with Crippen LogP contribution in [0.15, 0.2) is 67.0 Å². The lowest BCUT2D eigenvalue weighted by atomic mass is 10.1. The van der Waals surface area contributed by atoms with Gasteiger partial charge in [0.1, 0.15) is 0 Å². The van der Waals surface area contributed by atoms with Crippen molar-refractivity contribution in [2.75, 3.05) is 6.54 Å². The minimum atomic E-state index is -4.41. The maximum absolute atomic E-state index is 12.5. The Balaban J connectivity index is 1.53. The number of benzene rings is 2. The number of rotatable bonds is 5. The Labute approximate surface area is 148 Å². The number of halogens is 3. The second kappa shape index (κ2) is 7.43. The maximum Gasteiger partial charge on any atom is 0.416 e. The zero-order valence-corrected chi connectivity index (χ0v) is 13.7. The summed E-state index contributed by atoms with van der Waals surface area (Å²) in [6.07, 6.45) is -0.246. The van der Waals surface area contributed by atoms with Gasteiger partial charge in [0, 0.05) is 18.3 Å². The van der Waals surface area contributed by atoms with Gasteiger partial charge in [0.15, 0.2) is 0 Å². The van der Waals surface area contributed by atoms with E-state index >= 15 is 0 Å². The smallest absolute Gasteiger partial charge is 0.352 e. The van der Waals surface area contributed by atoms with Gasteiger partial charge in [-0.1, -0.05) is 18.2 Å². The molecule has 0 fully saturated rings. The first kappa shape index (κ1) is 17.7. The molecule has 134 valence electrons. The van der Waals surface area contributed by atoms with Crippen molar-refractivity contribution >= 4 is 5.91 Å². The van der Waals surface area contributed by atoms with Crippen LogP contribution in [0, 0.1) is 0 Å². The van der Waals surface area contributed by atoms with Crippen LogP contribution in [0.4, 0.5) is 13.2 Å². The number of carbonyl (C=O) groups is 1. The molecule has 0 aliphatic rings. The molecule has 1 heterocycles. The normalized spacial score (nSPS) is 11.3. The first-order chi connectivity index (χ1) is 12.4. The van der Waals surface area contributed by atoms with E-state index in [0.29, 0.717) is 13.0 Å². The SMILES string of the molecule is O=C(NCCc1cnn(-c2ccccc2)c1)c1ccc(C(F)(F)F)cc1. The van der Waals surface area contributed by atoms with Crippen LogP contribution in [0.1, 0.15) is 21.5 Å². The average molecular weight is 359 g/mol. The van der Waals surface area contributed by atoms with Crippen LogP contribution < -0.4 is 5.32 Å². The van der Waals surface area contributed by atoms with Crippen LogP contribution in [0.25, 0.3) is 5.69 Å². The summed E-state index contributed by atoms with van der Waals surface area (Å²) in [6.45, 7) is 0.361. The lowest BCUT2D eigenvalue weighted by molar-refractivity contribution is -0.137. The Morgan fingerprint density at radius 1 is 1.04 bits per heavy atom. The summed E-state index contributed by atoms with van der Waals surface area (Å²) < 4.78 is 39.3. The Hall–Kier alpha value is -3.09. The number of para-hydroxylation sites is 1. The Kier molecular flexibility index (Phi) is 5.06. The zero-order chi connectivity index (χ0) is 18.6. The van der Waals surface area contributed by atoms with Gasteiger partial charge in [0.05, 0.1) is 17.4 Å². The second-order valence-corrected chi connectivity index (χ2v) is 5.71. The van der Waals surface area contributed by atoms with Gasteiger partial charge in [-0.3, -0.25) is 4.79 Å². The van der Waals surface area contributed by atoms with Crippen molar-refractivity contribution in [3.8, 4) is 5.69 Å². The quantitative estimate of drug-likeness (QED) is 0.752. The van der Waals surface area contributed by atoms with E-state index in [9.17, 15) is 18.0 Å². The van der Waals surface area contributed by atoms with Crippen LogP contribution in [0.5, 0.6) is 0 Å². The van der Waals surface area contributed by atoms with Crippen molar-refractivity contribution in [2.45, 2.75) is 12.6 Å². The number of carbonyl (C=O) groups excluding carboxylic acids is 1. The number of hydrogen-bond donors (Lipinski definition) is 1. The zero-order valence-electron chi connectivity index (χ0n) is 13.7. The van der Waals surface area contributed by atoms with Gasteiger partial charge in [0.2, 0.25) is 0 Å². The minimum Gasteiger partial charge on any atom is -0.352 e. The predicted octanol–water partition coefficient (Wildman–Crippen LogP) is 3.86. The summed E-state index contributed by atoms with van der Waals surface area (Å²) in [6, 6.07) is 13.8. The van der Waals surface area contributed by atoms with Gasteiger partial charge in [-0.25, -0.2) is 4.68 Å². The molecule has 3 rings (SSSR count). The molecule has 0 saturated carbocycles. The van der Waals surface area contributed by atoms with Crippen molar-refractivity contribution in [3.63, 3.8) is 0 Å². The van der Waals surface area contributed by atoms with Crippen molar-refractivity contribution in [1.82, 2.24) is 15.1 Å². The van der Waals surface area contributed by atoms with Gasteiger partial charge in [0.25, 0.3) is 5.91 Å². The van der Waals surface area contributed by atoms with E-state index in [-0.39, 0.29) is 5.56 Å². The molecule has 0 radical (unpaired) electrons. The summed E-state index contributed by atoms with van der Waals surface area (Å²) >= 11 is 0. The fourth-order valence-corrected chi connectivity index (χ4v) is 2.44. The van der Waals surface area contributed by atoms with E-state index in [1.807, 2.05) is 36.5 Å². The van der Waals surface area contributed by atoms with E-state index < -0.39 is 17.6 Å². The number of hydrogen-bond acceptors (Lipinski definition) is 2. The maximum atomic E-state index is 12.5. The highest BCUT2D eigenvalue weighted by Gasteiger charge is 2.30. The molecule has 0 aliphatic heterocycles. The molecular weight excluding hydrogens is 343 g/mol. The minimum absolute atomic E-state index is 0.193. The molecule has 0 spiro atoms. The molecule has 0 bridgehead atoms. The van der Waals surface area contributed by atoms with E-state index in [4.69, 9.17) is 0 Å². The van der Waals surface area contributed by atoms with Gasteiger partial charge in [-0.15, -0.1) is 0 Å². The third-order valence-electron chi connectivity index (χ3n) is 3.83. The van der Waals surface area contributed by atoms with E-state index in [0.717, 1.165) is 23.4 Å². The van der Waals surface area contributed by atoms with E-state index in [2.05, 4.69) is 10.4 Å². The largest absolute Gasteiger partial charge is 0.416 e. The first-order valence-electron chi connectivity index (χ1n) is 7.98. The summed E-state index contributed by atoms with van der Waals surface area (Å²) in [7, 11) is 0. The molecule has 0 unspecified atom stereocenters. The highest BCUT2D eigenvalue weighted by Crippen LogP contribution is 2.29. The van der Waals surface area contributed by atoms with Gasteiger partial charge in [-0.05, 0) is 48.4 Å². The molecule has 0 aliphatic carbocycles. The number of aromatic nitrogens is 2. The van der Waals surface area contributed by atoms with Crippen LogP contribution in [-0.4, -0.2) is 22.2 Å². The first-order valence-corrected chi connectivity index (χ1v) is 7.98. The molecule has 7 heteroatoms. The molecule has 3 aromatic rings. The Bertz CT molecular complexity index is 871. The lowest BCUT2D eigenvalue weighted by Crippen LogP contribution is -2.25. The predicted molar refractivity (Wildman–Crippen MR) is 91.0 cm³/mol. The summed E-state index contributed by atoms with van der Waals surface area (Å²) in [5.74, 6) is -0.408. The Morgan fingerprint density at radius 3 is 2.38 bits per heavy atom. The van der Waals surface area contributed by atoms with Gasteiger partial charge < -0.3 is 5.32 Å². The molecule has 0 saturated heterocycles. The molecule has 0 atom stereocenters. The molecule has 2 aromatic carbocycles. The standard InChI is InChI=1S/C19H16F3N3O/c20-19(21,22)16-8-6-15(7-9-16)18(26)23-11-10-14-12-24-25(13-14)17-4-2-1-3-5-17/h1-9,12-13H,10-11H2,(H,23,26). The third-order valence-corrected chi connectivity index (χ3v) is 3.83. The fourth-order valence-electron chi connectivity index (χ4n) is 2.44. The van der Waals surface area contributed by atoms with Crippen LogP contribution in [0.2, 0.25) is 0 Å². The third kappa shape index (κ3) is 4.30. The molecule has 26 heavy (non-hydrogen) atoms. The fraction of sp³-hybridized carbons (Fsp3) is 0.158. The van der Waals surface area contributed by atoms with Gasteiger partial charge in [-0.2, -0.15) is 18.3 Å². The summed E-state index contributed by atoms with van der Waals surface area (Å²) in [4.78, 5) is 12.0. The van der Waals surface area contributed by atoms with E-state index in [1.54, 1.807) is 10.9 Å². The van der Waals surface area contributed by atoms with Crippen molar-refractivity contribution < 1.29 is 18.0 Å². The lowest BCUT2D eigenvalue weighted by Gasteiger charge is -2.08. The van der Waals surface area contributed by atoms with Crippen LogP contribution in [-0.2, 0) is 12.6 Å². The molecule has 1 amide bonds. The molecule has 1 aromatic heterocycles. The topological polar surface area (TPSA) is 46.9 Å². The van der Waals surface area contributed by atoms with Crippen LogP contribution in [0.3, 0.4) is 0 Å². The molecular formula is C19H16F3N3O. The number of alkyl halides is 3. The Morgan fingerprint density at radius 2 is 1.73 bits per heavy atom. The van der Waals surface area contributed by atoms with E-state index in [1.165, 1.54) is 12.1 Å². The summed E-state index contributed by atoms with van der Waals surface area (Å²) in [5.41, 5.74) is 1.30. The second-order valence-electron chi connectivity index (χ2n) is 5.71. The van der Waals surface area contributed by atoms with Crippen LogP contribution >= 0.6 is 0 Å². The van der Waals surface area contributed by atoms with Crippen molar-refractivity contribution in [3.05, 3.63) is 83.7 Å². The highest BCUT2D eigenvalue weighted by atomic mass is 19.4. The highest BCUT2D eigenvalue weighted by molar-refractivity contribution is 5.94. The molecule has 4 nitrogen and oxygen atoms in total. The number of nitrogens with one attached hydrogen (secondary N) is 1. The molecule has 1 N–H and O–H groups in total. The average Bonchev–Trinajstić information content (AvgIpc) is 3.11.